The van der Waals surface area contributed by atoms with Crippen LogP contribution < -0.4 is 11.1 Å². The van der Waals surface area contributed by atoms with Crippen LogP contribution in [0.15, 0.2) is 29.9 Å². The number of alkyl halides is 3. The lowest BCUT2D eigenvalue weighted by Crippen LogP contribution is -2.10. The first-order valence-corrected chi connectivity index (χ1v) is 5.93. The Morgan fingerprint density at radius 1 is 1.33 bits per heavy atom. The van der Waals surface area contributed by atoms with Crippen LogP contribution in [0.2, 0.25) is 0 Å². The predicted molar refractivity (Wildman–Crippen MR) is 65.3 cm³/mol. The van der Waals surface area contributed by atoms with Gasteiger partial charge in [0.25, 0.3) is 0 Å². The number of rotatable bonds is 3. The summed E-state index contributed by atoms with van der Waals surface area (Å²) in [6.07, 6.45) is -2.77. The molecule has 1 heterocycles. The quantitative estimate of drug-likeness (QED) is 0.843. The molecule has 0 saturated carbocycles. The van der Waals surface area contributed by atoms with E-state index in [1.807, 2.05) is 0 Å². The Labute approximate surface area is 105 Å². The minimum atomic E-state index is -4.44. The first-order valence-electron chi connectivity index (χ1n) is 5.05. The number of anilines is 2. The highest BCUT2D eigenvalue weighted by molar-refractivity contribution is 7.09. The molecule has 0 unspecified atom stereocenters. The summed E-state index contributed by atoms with van der Waals surface area (Å²) in [5, 5.41) is 2.90. The molecule has 2 rings (SSSR count). The third-order valence-electron chi connectivity index (χ3n) is 2.31. The van der Waals surface area contributed by atoms with E-state index in [4.69, 9.17) is 5.73 Å². The van der Waals surface area contributed by atoms with Crippen LogP contribution in [-0.4, -0.2) is 4.98 Å². The summed E-state index contributed by atoms with van der Waals surface area (Å²) in [5.74, 6) is 0. The van der Waals surface area contributed by atoms with Gasteiger partial charge in [-0.2, -0.15) is 13.2 Å². The van der Waals surface area contributed by atoms with E-state index in [1.54, 1.807) is 11.7 Å². The van der Waals surface area contributed by atoms with Gasteiger partial charge in [-0.1, -0.05) is 0 Å². The molecule has 3 N–H and O–H groups in total. The van der Waals surface area contributed by atoms with Gasteiger partial charge in [-0.25, -0.2) is 0 Å². The van der Waals surface area contributed by atoms with Crippen LogP contribution in [0.4, 0.5) is 24.5 Å². The number of thiazole rings is 1. The van der Waals surface area contributed by atoms with Gasteiger partial charge in [0.05, 0.1) is 17.6 Å². The highest BCUT2D eigenvalue weighted by Crippen LogP contribution is 2.35. The Hall–Kier alpha value is -1.76. The van der Waals surface area contributed by atoms with Gasteiger partial charge in [-0.15, -0.1) is 11.3 Å². The van der Waals surface area contributed by atoms with Crippen molar-refractivity contribution in [3.8, 4) is 0 Å². The molecule has 0 aliphatic carbocycles. The fraction of sp³-hybridized carbons (Fsp3) is 0.182. The molecular formula is C11H10F3N3S. The molecule has 18 heavy (non-hydrogen) atoms. The van der Waals surface area contributed by atoms with E-state index in [0.717, 1.165) is 10.9 Å². The molecule has 0 fully saturated rings. The molecule has 0 aliphatic heterocycles. The summed E-state index contributed by atoms with van der Waals surface area (Å²) in [7, 11) is 0. The third-order valence-corrected chi connectivity index (χ3v) is 3.09. The lowest BCUT2D eigenvalue weighted by molar-refractivity contribution is -0.136. The van der Waals surface area contributed by atoms with Crippen LogP contribution in [0.25, 0.3) is 0 Å². The van der Waals surface area contributed by atoms with Crippen molar-refractivity contribution in [1.82, 2.24) is 4.98 Å². The number of benzene rings is 1. The molecule has 1 aromatic carbocycles. The number of hydrogen-bond acceptors (Lipinski definition) is 4. The van der Waals surface area contributed by atoms with Crippen molar-refractivity contribution in [2.24, 2.45) is 0 Å². The van der Waals surface area contributed by atoms with E-state index in [2.05, 4.69) is 10.3 Å². The first kappa shape index (κ1) is 12.7. The molecule has 0 saturated heterocycles. The van der Waals surface area contributed by atoms with E-state index in [1.165, 1.54) is 23.5 Å². The molecule has 0 bridgehead atoms. The Balaban J connectivity index is 2.15. The summed E-state index contributed by atoms with van der Waals surface area (Å²) >= 11 is 1.43. The van der Waals surface area contributed by atoms with Crippen molar-refractivity contribution >= 4 is 22.7 Å². The Morgan fingerprint density at radius 2 is 2.11 bits per heavy atom. The van der Waals surface area contributed by atoms with Crippen molar-refractivity contribution in [3.05, 3.63) is 40.3 Å². The predicted octanol–water partition coefficient (Wildman–Crippen LogP) is 3.36. The van der Waals surface area contributed by atoms with Gasteiger partial charge in [-0.3, -0.25) is 4.98 Å². The van der Waals surface area contributed by atoms with Gasteiger partial charge < -0.3 is 11.1 Å². The Kier molecular flexibility index (Phi) is 3.42. The molecule has 96 valence electrons. The van der Waals surface area contributed by atoms with Gasteiger partial charge in [0.15, 0.2) is 0 Å². The normalized spacial score (nSPS) is 11.5. The molecule has 0 aliphatic rings. The largest absolute Gasteiger partial charge is 0.418 e. The lowest BCUT2D eigenvalue weighted by Gasteiger charge is -2.12. The zero-order valence-electron chi connectivity index (χ0n) is 9.16. The highest BCUT2D eigenvalue weighted by Gasteiger charge is 2.33. The maximum atomic E-state index is 12.6. The lowest BCUT2D eigenvalue weighted by atomic mass is 10.1. The summed E-state index contributed by atoms with van der Waals surface area (Å²) in [6.45, 7) is 0.436. The molecule has 2 aromatic rings. The molecule has 0 radical (unpaired) electrons. The fourth-order valence-electron chi connectivity index (χ4n) is 1.43. The van der Waals surface area contributed by atoms with Gasteiger partial charge in [0.1, 0.15) is 0 Å². The molecule has 0 amide bonds. The van der Waals surface area contributed by atoms with Crippen LogP contribution in [-0.2, 0) is 12.7 Å². The van der Waals surface area contributed by atoms with Crippen molar-refractivity contribution < 1.29 is 13.2 Å². The van der Waals surface area contributed by atoms with Gasteiger partial charge in [0.2, 0.25) is 0 Å². The second kappa shape index (κ2) is 4.85. The van der Waals surface area contributed by atoms with E-state index < -0.39 is 11.7 Å². The number of nitrogen functional groups attached to an aromatic ring is 1. The Bertz CT molecular complexity index is 523. The SMILES string of the molecule is Nc1ccc(NCc2cncs2)cc1C(F)(F)F. The van der Waals surface area contributed by atoms with E-state index in [0.29, 0.717) is 12.2 Å². The maximum Gasteiger partial charge on any atom is 0.418 e. The first-order chi connectivity index (χ1) is 8.47. The molecule has 7 heteroatoms. The van der Waals surface area contributed by atoms with Crippen LogP contribution in [0, 0.1) is 0 Å². The Morgan fingerprint density at radius 3 is 2.72 bits per heavy atom. The molecule has 1 aromatic heterocycles. The summed E-state index contributed by atoms with van der Waals surface area (Å²) in [5.41, 5.74) is 6.26. The smallest absolute Gasteiger partial charge is 0.398 e. The molecule has 0 atom stereocenters. The molecule has 0 spiro atoms. The average molecular weight is 273 g/mol. The second-order valence-electron chi connectivity index (χ2n) is 3.62. The van der Waals surface area contributed by atoms with Crippen LogP contribution in [0.5, 0.6) is 0 Å². The van der Waals surface area contributed by atoms with Crippen LogP contribution in [0.3, 0.4) is 0 Å². The van der Waals surface area contributed by atoms with Gasteiger partial charge in [-0.05, 0) is 18.2 Å². The molecule has 3 nitrogen and oxygen atoms in total. The summed E-state index contributed by atoms with van der Waals surface area (Å²) in [6, 6.07) is 3.78. The van der Waals surface area contributed by atoms with E-state index in [-0.39, 0.29) is 5.69 Å². The second-order valence-corrected chi connectivity index (χ2v) is 4.59. The van der Waals surface area contributed by atoms with Crippen molar-refractivity contribution in [1.29, 1.82) is 0 Å². The monoisotopic (exact) mass is 273 g/mol. The van der Waals surface area contributed by atoms with Crippen molar-refractivity contribution in [2.75, 3.05) is 11.1 Å². The highest BCUT2D eigenvalue weighted by atomic mass is 32.1. The standard InChI is InChI=1S/C11H10F3N3S/c12-11(13,14)9-3-7(1-2-10(9)15)17-5-8-4-16-6-18-8/h1-4,6,17H,5,15H2. The summed E-state index contributed by atoms with van der Waals surface area (Å²) in [4.78, 5) is 4.83. The van der Waals surface area contributed by atoms with Gasteiger partial charge in [0, 0.05) is 22.4 Å². The zero-order chi connectivity index (χ0) is 13.2. The van der Waals surface area contributed by atoms with Crippen molar-refractivity contribution in [2.45, 2.75) is 12.7 Å². The van der Waals surface area contributed by atoms with Gasteiger partial charge >= 0.3 is 6.18 Å². The number of aromatic nitrogens is 1. The molecular weight excluding hydrogens is 263 g/mol. The van der Waals surface area contributed by atoms with Crippen LogP contribution >= 0.6 is 11.3 Å². The number of nitrogens with two attached hydrogens (primary N) is 1. The third kappa shape index (κ3) is 2.92. The van der Waals surface area contributed by atoms with Crippen molar-refractivity contribution in [3.63, 3.8) is 0 Å². The fourth-order valence-corrected chi connectivity index (χ4v) is 1.96. The summed E-state index contributed by atoms with van der Waals surface area (Å²) < 4.78 is 37.9. The van der Waals surface area contributed by atoms with Crippen LogP contribution in [0.1, 0.15) is 10.4 Å². The zero-order valence-corrected chi connectivity index (χ0v) is 9.98. The minimum Gasteiger partial charge on any atom is -0.398 e. The number of nitrogens with one attached hydrogen (secondary N) is 1. The number of halogens is 3. The average Bonchev–Trinajstić information content (AvgIpc) is 2.79. The maximum absolute atomic E-state index is 12.6. The number of nitrogens with zero attached hydrogens (tertiary/aromatic N) is 1. The number of hydrogen-bond donors (Lipinski definition) is 2. The topological polar surface area (TPSA) is 50.9 Å². The van der Waals surface area contributed by atoms with E-state index in [9.17, 15) is 13.2 Å². The van der Waals surface area contributed by atoms with E-state index >= 15 is 0 Å². The minimum absolute atomic E-state index is 0.272.